The highest BCUT2D eigenvalue weighted by atomic mass is 32.2. The number of carbonyl (C=O) groups excluding carboxylic acids is 1. The van der Waals surface area contributed by atoms with Crippen LogP contribution in [0.1, 0.15) is 5.89 Å². The number of nitrogens with zero attached hydrogens (tertiary/aromatic N) is 5. The fourth-order valence-corrected chi connectivity index (χ4v) is 2.63. The zero-order valence-electron chi connectivity index (χ0n) is 11.8. The monoisotopic (exact) mass is 367 g/mol. The summed E-state index contributed by atoms with van der Waals surface area (Å²) in [5.41, 5.74) is 0.442. The van der Waals surface area contributed by atoms with E-state index in [1.807, 2.05) is 0 Å². The lowest BCUT2D eigenvalue weighted by Gasteiger charge is -1.99. The number of nitrogens with one attached hydrogen (secondary N) is 2. The third-order valence-corrected chi connectivity index (χ3v) is 4.01. The van der Waals surface area contributed by atoms with Gasteiger partial charge in [0.15, 0.2) is 0 Å². The van der Waals surface area contributed by atoms with Crippen LogP contribution in [0, 0.1) is 0 Å². The lowest BCUT2D eigenvalue weighted by atomic mass is 10.5. The highest BCUT2D eigenvalue weighted by Gasteiger charge is 2.11. The van der Waals surface area contributed by atoms with Gasteiger partial charge in [-0.15, -0.1) is 20.4 Å². The van der Waals surface area contributed by atoms with Crippen LogP contribution in [-0.4, -0.2) is 41.6 Å². The minimum Gasteiger partial charge on any atom is -0.414 e. The van der Waals surface area contributed by atoms with Crippen molar-refractivity contribution in [2.75, 3.05) is 11.1 Å². The first-order valence-electron chi connectivity index (χ1n) is 6.41. The van der Waals surface area contributed by atoms with Gasteiger partial charge in [0.1, 0.15) is 12.1 Å². The first-order valence-corrected chi connectivity index (χ1v) is 8.27. The first kappa shape index (κ1) is 16.1. The Labute approximate surface area is 141 Å². The molecule has 0 aliphatic heterocycles. The third-order valence-electron chi connectivity index (χ3n) is 2.58. The number of aromatic nitrogens is 6. The standard InChI is InChI=1S/C11H9N7O4S2/c19-6-1-2-18(10(21)14-6)3-8-15-17-11(22-8)23-4-7(20)13-9-16-12-5-24-9/h1-2,5H,3-4H2,(H,13,16,20)(H,14,19,21). The van der Waals surface area contributed by atoms with Crippen molar-refractivity contribution in [3.05, 3.63) is 44.5 Å². The molecule has 2 N–H and O–H groups in total. The number of thioether (sulfide) groups is 1. The van der Waals surface area contributed by atoms with Crippen LogP contribution in [0.25, 0.3) is 0 Å². The number of anilines is 1. The number of hydrogen-bond donors (Lipinski definition) is 2. The van der Waals surface area contributed by atoms with E-state index in [9.17, 15) is 14.4 Å². The van der Waals surface area contributed by atoms with Gasteiger partial charge < -0.3 is 4.42 Å². The van der Waals surface area contributed by atoms with Gasteiger partial charge in [0.2, 0.25) is 16.9 Å². The molecule has 0 aromatic carbocycles. The Kier molecular flexibility index (Phi) is 4.81. The fraction of sp³-hybridized carbons (Fsp3) is 0.182. The SMILES string of the molecule is O=C(CSc1nnc(Cn2ccc(=O)[nH]c2=O)o1)Nc1nncs1. The van der Waals surface area contributed by atoms with Gasteiger partial charge in [0.05, 0.1) is 5.75 Å². The summed E-state index contributed by atoms with van der Waals surface area (Å²) < 4.78 is 6.56. The Bertz CT molecular complexity index is 946. The van der Waals surface area contributed by atoms with Crippen LogP contribution in [0.15, 0.2) is 37.0 Å². The molecule has 11 nitrogen and oxygen atoms in total. The maximum atomic E-state index is 11.7. The van der Waals surface area contributed by atoms with Crippen LogP contribution >= 0.6 is 23.1 Å². The van der Waals surface area contributed by atoms with E-state index in [-0.39, 0.29) is 29.3 Å². The Morgan fingerprint density at radius 3 is 3.00 bits per heavy atom. The predicted molar refractivity (Wildman–Crippen MR) is 84.0 cm³/mol. The lowest BCUT2D eigenvalue weighted by Crippen LogP contribution is -2.28. The maximum Gasteiger partial charge on any atom is 0.328 e. The molecule has 0 unspecified atom stereocenters. The van der Waals surface area contributed by atoms with E-state index in [1.165, 1.54) is 33.7 Å². The number of carbonyl (C=O) groups is 1. The molecule has 13 heteroatoms. The van der Waals surface area contributed by atoms with Crippen molar-refractivity contribution in [3.63, 3.8) is 0 Å². The van der Waals surface area contributed by atoms with Crippen molar-refractivity contribution in [2.24, 2.45) is 0 Å². The summed E-state index contributed by atoms with van der Waals surface area (Å²) in [6.07, 6.45) is 1.33. The zero-order valence-corrected chi connectivity index (χ0v) is 13.5. The second-order valence-corrected chi connectivity index (χ2v) is 6.04. The van der Waals surface area contributed by atoms with Crippen molar-refractivity contribution in [1.82, 2.24) is 29.9 Å². The second kappa shape index (κ2) is 7.18. The molecule has 0 radical (unpaired) electrons. The molecular formula is C11H9N7O4S2. The topological polar surface area (TPSA) is 149 Å². The largest absolute Gasteiger partial charge is 0.414 e. The Morgan fingerprint density at radius 1 is 1.38 bits per heavy atom. The highest BCUT2D eigenvalue weighted by Crippen LogP contribution is 2.17. The van der Waals surface area contributed by atoms with Crippen LogP contribution in [0.5, 0.6) is 0 Å². The lowest BCUT2D eigenvalue weighted by molar-refractivity contribution is -0.113. The van der Waals surface area contributed by atoms with Gasteiger partial charge >= 0.3 is 5.69 Å². The van der Waals surface area contributed by atoms with Crippen molar-refractivity contribution < 1.29 is 9.21 Å². The van der Waals surface area contributed by atoms with E-state index < -0.39 is 11.2 Å². The number of amides is 1. The van der Waals surface area contributed by atoms with Crippen LogP contribution in [-0.2, 0) is 11.3 Å². The van der Waals surface area contributed by atoms with Gasteiger partial charge in [-0.25, -0.2) is 4.79 Å². The molecule has 1 amide bonds. The van der Waals surface area contributed by atoms with Gasteiger partial charge in [0, 0.05) is 12.3 Å². The van der Waals surface area contributed by atoms with E-state index in [2.05, 4.69) is 30.7 Å². The van der Waals surface area contributed by atoms with Gasteiger partial charge in [0.25, 0.3) is 10.8 Å². The Morgan fingerprint density at radius 2 is 2.25 bits per heavy atom. The summed E-state index contributed by atoms with van der Waals surface area (Å²) >= 11 is 2.26. The molecule has 0 aliphatic rings. The number of hydrogen-bond acceptors (Lipinski definition) is 10. The molecule has 3 heterocycles. The summed E-state index contributed by atoms with van der Waals surface area (Å²) in [5, 5.41) is 18.0. The first-order chi connectivity index (χ1) is 11.6. The minimum atomic E-state index is -0.577. The van der Waals surface area contributed by atoms with E-state index in [1.54, 1.807) is 0 Å². The fourth-order valence-electron chi connectivity index (χ4n) is 1.59. The van der Waals surface area contributed by atoms with E-state index in [0.717, 1.165) is 11.8 Å². The molecule has 3 aromatic rings. The van der Waals surface area contributed by atoms with E-state index in [4.69, 9.17) is 4.42 Å². The molecule has 124 valence electrons. The number of rotatable bonds is 6. The molecule has 0 saturated carbocycles. The van der Waals surface area contributed by atoms with Crippen molar-refractivity contribution in [1.29, 1.82) is 0 Å². The van der Waals surface area contributed by atoms with Gasteiger partial charge in [-0.1, -0.05) is 23.1 Å². The summed E-state index contributed by atoms with van der Waals surface area (Å²) in [6, 6.07) is 1.21. The van der Waals surface area contributed by atoms with Crippen molar-refractivity contribution in [3.8, 4) is 0 Å². The van der Waals surface area contributed by atoms with Crippen molar-refractivity contribution >= 4 is 34.1 Å². The number of aromatic amines is 1. The summed E-state index contributed by atoms with van der Waals surface area (Å²) in [5.74, 6) is -0.0515. The summed E-state index contributed by atoms with van der Waals surface area (Å²) in [6.45, 7) is 0.0140. The second-order valence-electron chi connectivity index (χ2n) is 4.28. The Hall–Kier alpha value is -2.80. The Balaban J connectivity index is 1.56. The predicted octanol–water partition coefficient (Wildman–Crippen LogP) is -0.450. The van der Waals surface area contributed by atoms with Crippen LogP contribution < -0.4 is 16.6 Å². The van der Waals surface area contributed by atoms with Crippen molar-refractivity contribution in [2.45, 2.75) is 11.8 Å². The van der Waals surface area contributed by atoms with E-state index >= 15 is 0 Å². The molecule has 0 spiro atoms. The molecule has 24 heavy (non-hydrogen) atoms. The zero-order chi connectivity index (χ0) is 16.9. The third kappa shape index (κ3) is 4.14. The average molecular weight is 367 g/mol. The molecule has 3 aromatic heterocycles. The maximum absolute atomic E-state index is 11.7. The molecular weight excluding hydrogens is 358 g/mol. The number of H-pyrrole nitrogens is 1. The normalized spacial score (nSPS) is 10.7. The smallest absolute Gasteiger partial charge is 0.328 e. The molecule has 0 fully saturated rings. The molecule has 0 aliphatic carbocycles. The van der Waals surface area contributed by atoms with Gasteiger partial charge in [-0.3, -0.25) is 24.5 Å². The summed E-state index contributed by atoms with van der Waals surface area (Å²) in [4.78, 5) is 36.4. The highest BCUT2D eigenvalue weighted by molar-refractivity contribution is 7.99. The van der Waals surface area contributed by atoms with Crippen LogP contribution in [0.3, 0.4) is 0 Å². The summed E-state index contributed by atoms with van der Waals surface area (Å²) in [7, 11) is 0. The molecule has 3 rings (SSSR count). The molecule has 0 atom stereocenters. The van der Waals surface area contributed by atoms with E-state index in [0.29, 0.717) is 5.13 Å². The van der Waals surface area contributed by atoms with Crippen LogP contribution in [0.4, 0.5) is 5.13 Å². The van der Waals surface area contributed by atoms with Crippen LogP contribution in [0.2, 0.25) is 0 Å². The van der Waals surface area contributed by atoms with Gasteiger partial charge in [-0.05, 0) is 0 Å². The quantitative estimate of drug-likeness (QED) is 0.552. The van der Waals surface area contributed by atoms with Gasteiger partial charge in [-0.2, -0.15) is 0 Å². The minimum absolute atomic E-state index is 0.0140. The molecule has 0 bridgehead atoms. The molecule has 0 saturated heterocycles. The average Bonchev–Trinajstić information content (AvgIpc) is 3.20.